The molecule has 6 unspecified atom stereocenters. The van der Waals surface area contributed by atoms with E-state index in [1.54, 1.807) is 0 Å². The first-order chi connectivity index (χ1) is 51.0. The number of carbonyl (C=O) groups excluding carboxylic acids is 8. The highest BCUT2D eigenvalue weighted by molar-refractivity contribution is 5.80. The normalized spacial score (nSPS) is 25.1. The zero-order chi connectivity index (χ0) is 77.9. The van der Waals surface area contributed by atoms with Crippen LogP contribution in [0.15, 0.2) is 0 Å². The van der Waals surface area contributed by atoms with Crippen LogP contribution in [-0.4, -0.2) is 389 Å². The summed E-state index contributed by atoms with van der Waals surface area (Å²) in [4.78, 5) is 99.6. The first-order valence-electron chi connectivity index (χ1n) is 35.7. The highest BCUT2D eigenvalue weighted by Gasteiger charge is 2.48. The van der Waals surface area contributed by atoms with Crippen molar-refractivity contribution in [2.75, 3.05) is 199 Å². The largest absolute Gasteiger partial charge is 0.394 e. The second kappa shape index (κ2) is 57.2. The Hall–Kier alpha value is -4.88. The maximum atomic E-state index is 13.7. The van der Waals surface area contributed by atoms with Gasteiger partial charge in [-0.05, 0) is 25.7 Å². The second-order valence-corrected chi connectivity index (χ2v) is 25.0. The van der Waals surface area contributed by atoms with E-state index in [0.29, 0.717) is 32.2 Å². The van der Waals surface area contributed by atoms with Crippen molar-refractivity contribution in [3.8, 4) is 0 Å². The Morgan fingerprint density at radius 1 is 0.349 bits per heavy atom. The summed E-state index contributed by atoms with van der Waals surface area (Å²) in [7, 11) is 1.40. The number of hydrogen-bond acceptors (Lipinski definition) is 34. The molecular weight excluding hydrogens is 1420 g/mol. The van der Waals surface area contributed by atoms with Crippen molar-refractivity contribution >= 4 is 47.0 Å². The summed E-state index contributed by atoms with van der Waals surface area (Å²) in [6.07, 6.45) is -13.8. The molecule has 0 saturated carbocycles. The minimum absolute atomic E-state index is 0.0189. The number of hydrogen-bond donors (Lipinski definition) is 15. The number of Topliss-reactive ketones (excluding diaryl/α,β-unsaturated/α-hetero) is 2. The number of unbranched alkanes of at least 4 members (excludes halogenated alkanes) is 1. The number of ketones is 2. The molecule has 3 saturated heterocycles. The molecule has 0 radical (unpaired) electrons. The molecule has 0 aromatic carbocycles. The monoisotopic (exact) mass is 1540 g/mol. The van der Waals surface area contributed by atoms with Gasteiger partial charge in [-0.1, -0.05) is 0 Å². The molecular formula is C66H118N6O34. The first kappa shape index (κ1) is 95.3. The summed E-state index contributed by atoms with van der Waals surface area (Å²) in [6.45, 7) is 2.59. The number of aliphatic hydroxyl groups excluding tert-OH is 9. The molecule has 0 spiro atoms. The van der Waals surface area contributed by atoms with Gasteiger partial charge in [0, 0.05) is 92.9 Å². The van der Waals surface area contributed by atoms with E-state index in [9.17, 15) is 84.3 Å². The van der Waals surface area contributed by atoms with Gasteiger partial charge in [-0.2, -0.15) is 0 Å². The standard InChI is InChI=1S/C66H118N6O34/c1-43(76)69-54-60(87)57(84)48(35-73)104-63(54)101-32-29-94-26-23-91-17-7-9-46(79)11-19-98-40-66(72-53(83)39-97-16-6-5-14-67-52(82)38-90-4,41-99-20-12-47(80)10-8-18-92-24-27-95-30-33-102-64-55(70-44(2)77)61(88)58(85)49(36-74)105-64)42-100-21-13-51(81)68-15-22-93-25-28-96-31-34-103-65-56(71-45(3)78)62(89)59(86)50(37-75)106-65/h48-50,54-65,73-75,84-89H,5-42H2,1-4H3,(H,67,82)(H,68,81)(H,69,76)(H,70,77)(H,71,78)(H,72,83)/t48?,49?,50?,54?,55?,56?,57-,58-,59-,60+,61+,62+,63+,64+,65+,66?/m0/s1. The van der Waals surface area contributed by atoms with Crippen LogP contribution in [0.1, 0.15) is 78.6 Å². The maximum absolute atomic E-state index is 13.7. The molecule has 3 fully saturated rings. The summed E-state index contributed by atoms with van der Waals surface area (Å²) in [5.41, 5.74) is -1.46. The molecule has 3 aliphatic heterocycles. The fourth-order valence-electron chi connectivity index (χ4n) is 10.6. The Labute approximate surface area is 616 Å². The summed E-state index contributed by atoms with van der Waals surface area (Å²) in [5, 5.41) is 106. The zero-order valence-corrected chi connectivity index (χ0v) is 61.3. The van der Waals surface area contributed by atoms with Gasteiger partial charge in [0.05, 0.1) is 145 Å². The van der Waals surface area contributed by atoms with Crippen LogP contribution in [0.25, 0.3) is 0 Å². The number of methoxy groups -OCH3 is 1. The quantitative estimate of drug-likeness (QED) is 0.0252. The van der Waals surface area contributed by atoms with Gasteiger partial charge < -0.3 is 158 Å². The van der Waals surface area contributed by atoms with Gasteiger partial charge in [-0.15, -0.1) is 0 Å². The predicted molar refractivity (Wildman–Crippen MR) is 362 cm³/mol. The van der Waals surface area contributed by atoms with Gasteiger partial charge in [-0.3, -0.25) is 38.4 Å². The van der Waals surface area contributed by atoms with Crippen LogP contribution in [0.3, 0.4) is 0 Å². The topological polar surface area (TPSA) is 548 Å². The summed E-state index contributed by atoms with van der Waals surface area (Å²) < 4.78 is 95.6. The van der Waals surface area contributed by atoms with Gasteiger partial charge in [0.25, 0.3) is 0 Å². The zero-order valence-electron chi connectivity index (χ0n) is 61.3. The predicted octanol–water partition coefficient (Wildman–Crippen LogP) is -7.58. The number of amides is 6. The molecule has 6 amide bonds. The van der Waals surface area contributed by atoms with Crippen molar-refractivity contribution in [2.24, 2.45) is 0 Å². The Balaban J connectivity index is 1.52. The van der Waals surface area contributed by atoms with Crippen LogP contribution in [0.5, 0.6) is 0 Å². The number of aliphatic hydroxyl groups is 9. The molecule has 0 aromatic heterocycles. The van der Waals surface area contributed by atoms with Gasteiger partial charge >= 0.3 is 0 Å². The van der Waals surface area contributed by atoms with E-state index in [2.05, 4.69) is 31.9 Å². The van der Waals surface area contributed by atoms with Crippen molar-refractivity contribution in [3.63, 3.8) is 0 Å². The minimum Gasteiger partial charge on any atom is -0.394 e. The van der Waals surface area contributed by atoms with E-state index in [1.807, 2.05) is 0 Å². The van der Waals surface area contributed by atoms with Crippen molar-refractivity contribution < 1.29 is 165 Å². The fourth-order valence-corrected chi connectivity index (χ4v) is 10.6. The smallest absolute Gasteiger partial charge is 0.246 e. The average molecular weight is 1540 g/mol. The molecule has 0 aliphatic carbocycles. The van der Waals surface area contributed by atoms with Crippen LogP contribution in [-0.2, 0) is 119 Å². The van der Waals surface area contributed by atoms with E-state index in [1.165, 1.54) is 27.9 Å². The lowest BCUT2D eigenvalue weighted by Crippen LogP contribution is -2.64. The number of carbonyl (C=O) groups is 8. The lowest BCUT2D eigenvalue weighted by atomic mass is 9.97. The van der Waals surface area contributed by atoms with Crippen molar-refractivity contribution in [3.05, 3.63) is 0 Å². The molecule has 106 heavy (non-hydrogen) atoms. The van der Waals surface area contributed by atoms with Gasteiger partial charge in [0.15, 0.2) is 18.9 Å². The maximum Gasteiger partial charge on any atom is 0.246 e. The molecule has 3 heterocycles. The van der Waals surface area contributed by atoms with E-state index in [4.69, 9.17) is 80.5 Å². The Morgan fingerprint density at radius 2 is 0.698 bits per heavy atom. The summed E-state index contributed by atoms with van der Waals surface area (Å²) in [6, 6.07) is -3.30. The third-order valence-electron chi connectivity index (χ3n) is 16.1. The molecule has 40 heteroatoms. The van der Waals surface area contributed by atoms with Crippen molar-refractivity contribution in [1.29, 1.82) is 0 Å². The van der Waals surface area contributed by atoms with Gasteiger partial charge in [-0.25, -0.2) is 0 Å². The van der Waals surface area contributed by atoms with E-state index in [-0.39, 0.29) is 208 Å². The van der Waals surface area contributed by atoms with E-state index in [0.717, 1.165) is 0 Å². The second-order valence-electron chi connectivity index (χ2n) is 25.0. The van der Waals surface area contributed by atoms with Crippen molar-refractivity contribution in [1.82, 2.24) is 31.9 Å². The van der Waals surface area contributed by atoms with Crippen LogP contribution in [0.4, 0.5) is 0 Å². The molecule has 15 atom stereocenters. The highest BCUT2D eigenvalue weighted by atomic mass is 16.7. The Morgan fingerprint density at radius 3 is 1.08 bits per heavy atom. The van der Waals surface area contributed by atoms with Crippen LogP contribution >= 0.6 is 0 Å². The number of rotatable bonds is 63. The first-order valence-corrected chi connectivity index (χ1v) is 35.7. The molecule has 15 N–H and O–H groups in total. The molecule has 40 nitrogen and oxygen atoms in total. The summed E-state index contributed by atoms with van der Waals surface area (Å²) >= 11 is 0. The molecule has 3 rings (SSSR count). The highest BCUT2D eigenvalue weighted by Crippen LogP contribution is 2.25. The van der Waals surface area contributed by atoms with Crippen LogP contribution in [0, 0.1) is 0 Å². The fraction of sp³-hybridized carbons (Fsp3) is 0.879. The Bertz CT molecular complexity index is 2220. The summed E-state index contributed by atoms with van der Waals surface area (Å²) in [5.74, 6) is -3.05. The Kier molecular flexibility index (Phi) is 51.5. The van der Waals surface area contributed by atoms with Gasteiger partial charge in [0.2, 0.25) is 35.4 Å². The third-order valence-corrected chi connectivity index (χ3v) is 16.1. The van der Waals surface area contributed by atoms with E-state index >= 15 is 0 Å². The van der Waals surface area contributed by atoms with E-state index < -0.39 is 153 Å². The number of nitrogens with one attached hydrogen (secondary N) is 6. The molecule has 3 aliphatic rings. The SMILES string of the molecule is COCC(=O)NCCCCOCC(=O)NC(COCCC(=O)CCCOCCOCCO[C@@H]1OC(CO)[C@H](O)[C@H](O)C1NC(C)=O)(COCCC(=O)CCCOCCOCCO[C@@H]1OC(CO)[C@H](O)[C@H](O)C1NC(C)=O)COCCC(=O)NCCOCCOCCO[C@@H]1OC(CO)[C@H](O)[C@H](O)C1NC(C)=O. The van der Waals surface area contributed by atoms with Crippen LogP contribution in [0.2, 0.25) is 0 Å². The van der Waals surface area contributed by atoms with Gasteiger partial charge in [0.1, 0.15) is 103 Å². The molecule has 0 aromatic rings. The minimum atomic E-state index is -1.46. The van der Waals surface area contributed by atoms with Crippen molar-refractivity contribution in [2.45, 2.75) is 176 Å². The molecule has 0 bridgehead atoms. The molecule has 616 valence electrons. The number of ether oxygens (including phenoxy) is 17. The third kappa shape index (κ3) is 40.2. The van der Waals surface area contributed by atoms with Crippen LogP contribution < -0.4 is 31.9 Å². The lowest BCUT2D eigenvalue weighted by Gasteiger charge is -2.42. The average Bonchev–Trinajstić information content (AvgIpc) is 0.827. The lowest BCUT2D eigenvalue weighted by molar-refractivity contribution is -0.272.